The van der Waals surface area contributed by atoms with Crippen LogP contribution in [0.2, 0.25) is 0 Å². The summed E-state index contributed by atoms with van der Waals surface area (Å²) in [6.45, 7) is 0. The van der Waals surface area contributed by atoms with Gasteiger partial charge in [-0.15, -0.1) is 0 Å². The summed E-state index contributed by atoms with van der Waals surface area (Å²) in [4.78, 5) is 16.9. The molecule has 2 bridgehead atoms. The fraction of sp³-hybridized carbons (Fsp3) is 0.909. The van der Waals surface area contributed by atoms with Crippen LogP contribution < -0.4 is 5.32 Å². The maximum absolute atomic E-state index is 11.9. The highest BCUT2D eigenvalue weighted by Gasteiger charge is 2.35. The second kappa shape index (κ2) is 4.49. The van der Waals surface area contributed by atoms with Gasteiger partial charge in [-0.2, -0.15) is 0 Å². The van der Waals surface area contributed by atoms with Crippen molar-refractivity contribution in [2.75, 3.05) is 14.2 Å². The Morgan fingerprint density at radius 2 is 1.93 bits per heavy atom. The summed E-state index contributed by atoms with van der Waals surface area (Å²) >= 11 is 0. The van der Waals surface area contributed by atoms with Crippen molar-refractivity contribution < 1.29 is 9.63 Å². The number of carbonyl (C=O) groups excluding carboxylic acids is 1. The lowest BCUT2D eigenvalue weighted by Crippen LogP contribution is -2.51. The van der Waals surface area contributed by atoms with E-state index in [1.165, 1.54) is 24.3 Å². The molecule has 4 heteroatoms. The van der Waals surface area contributed by atoms with Crippen molar-refractivity contribution in [3.63, 3.8) is 0 Å². The van der Waals surface area contributed by atoms with E-state index in [1.54, 1.807) is 14.2 Å². The van der Waals surface area contributed by atoms with Crippen LogP contribution in [0.1, 0.15) is 32.1 Å². The van der Waals surface area contributed by atoms with Gasteiger partial charge in [-0.05, 0) is 25.7 Å². The van der Waals surface area contributed by atoms with E-state index < -0.39 is 0 Å². The van der Waals surface area contributed by atoms with Gasteiger partial charge in [0.25, 0.3) is 0 Å². The lowest BCUT2D eigenvalue weighted by Gasteiger charge is -2.40. The molecule has 0 radical (unpaired) electrons. The maximum atomic E-state index is 11.9. The van der Waals surface area contributed by atoms with Gasteiger partial charge in [-0.1, -0.05) is 6.42 Å². The molecule has 2 fully saturated rings. The Bertz CT molecular complexity index is 233. The molecule has 2 aliphatic rings. The van der Waals surface area contributed by atoms with Crippen LogP contribution in [0.5, 0.6) is 0 Å². The summed E-state index contributed by atoms with van der Waals surface area (Å²) in [6, 6.07) is 1.11. The van der Waals surface area contributed by atoms with Crippen molar-refractivity contribution in [3.8, 4) is 0 Å². The maximum Gasteiger partial charge on any atom is 0.249 e. The van der Waals surface area contributed by atoms with E-state index in [4.69, 9.17) is 4.84 Å². The SMILES string of the molecule is CON(C)C(=O)C1CC2CCCC(C1)N2. The minimum Gasteiger partial charge on any atom is -0.311 e. The van der Waals surface area contributed by atoms with Gasteiger partial charge in [0.1, 0.15) is 0 Å². The van der Waals surface area contributed by atoms with Crippen molar-refractivity contribution in [1.82, 2.24) is 10.4 Å². The molecule has 0 saturated carbocycles. The molecule has 1 N–H and O–H groups in total. The van der Waals surface area contributed by atoms with E-state index in [9.17, 15) is 4.79 Å². The smallest absolute Gasteiger partial charge is 0.249 e. The topological polar surface area (TPSA) is 41.6 Å². The Balaban J connectivity index is 1.96. The average molecular weight is 212 g/mol. The normalized spacial score (nSPS) is 34.9. The number of hydrogen-bond acceptors (Lipinski definition) is 3. The predicted octanol–water partition coefficient (Wildman–Crippen LogP) is 0.927. The molecule has 0 aromatic rings. The van der Waals surface area contributed by atoms with Crippen molar-refractivity contribution in [2.24, 2.45) is 5.92 Å². The van der Waals surface area contributed by atoms with Crippen LogP contribution in [-0.2, 0) is 9.63 Å². The number of fused-ring (bicyclic) bond motifs is 2. The van der Waals surface area contributed by atoms with Gasteiger partial charge < -0.3 is 5.32 Å². The minimum absolute atomic E-state index is 0.135. The molecule has 2 aliphatic heterocycles. The molecule has 2 unspecified atom stereocenters. The first-order valence-corrected chi connectivity index (χ1v) is 5.78. The third-order valence-corrected chi connectivity index (χ3v) is 3.65. The van der Waals surface area contributed by atoms with Gasteiger partial charge in [-0.25, -0.2) is 5.06 Å². The Labute approximate surface area is 90.9 Å². The van der Waals surface area contributed by atoms with E-state index in [2.05, 4.69) is 5.32 Å². The van der Waals surface area contributed by atoms with Crippen LogP contribution >= 0.6 is 0 Å². The van der Waals surface area contributed by atoms with Crippen LogP contribution in [0, 0.1) is 5.92 Å². The van der Waals surface area contributed by atoms with Gasteiger partial charge in [-0.3, -0.25) is 9.63 Å². The number of nitrogens with zero attached hydrogens (tertiary/aromatic N) is 1. The molecule has 2 atom stereocenters. The molecule has 2 saturated heterocycles. The Morgan fingerprint density at radius 3 is 2.47 bits per heavy atom. The van der Waals surface area contributed by atoms with Crippen molar-refractivity contribution in [2.45, 2.75) is 44.2 Å². The van der Waals surface area contributed by atoms with Gasteiger partial charge in [0.05, 0.1) is 7.11 Å². The number of rotatable bonds is 2. The summed E-state index contributed by atoms with van der Waals surface area (Å²) in [7, 11) is 3.24. The molecule has 4 nitrogen and oxygen atoms in total. The lowest BCUT2D eigenvalue weighted by molar-refractivity contribution is -0.175. The Hall–Kier alpha value is -0.610. The van der Waals surface area contributed by atoms with E-state index >= 15 is 0 Å². The fourth-order valence-electron chi connectivity index (χ4n) is 2.81. The number of piperidine rings is 2. The number of nitrogens with one attached hydrogen (secondary N) is 1. The van der Waals surface area contributed by atoms with Gasteiger partial charge in [0.15, 0.2) is 0 Å². The lowest BCUT2D eigenvalue weighted by atomic mass is 9.80. The van der Waals surface area contributed by atoms with Crippen LogP contribution in [0.15, 0.2) is 0 Å². The van der Waals surface area contributed by atoms with Crippen LogP contribution in [0.25, 0.3) is 0 Å². The first kappa shape index (κ1) is 10.9. The molecule has 0 aromatic heterocycles. The van der Waals surface area contributed by atoms with E-state index in [0.717, 1.165) is 12.8 Å². The van der Waals surface area contributed by atoms with Gasteiger partial charge in [0, 0.05) is 25.0 Å². The highest BCUT2D eigenvalue weighted by atomic mass is 16.7. The van der Waals surface area contributed by atoms with E-state index in [1.807, 2.05) is 0 Å². The van der Waals surface area contributed by atoms with Crippen LogP contribution in [0.3, 0.4) is 0 Å². The standard InChI is InChI=1S/C11H20N2O2/c1-13(15-2)11(14)8-6-9-4-3-5-10(7-8)12-9/h8-10,12H,3-7H2,1-2H3. The number of carbonyl (C=O) groups is 1. The quantitative estimate of drug-likeness (QED) is 0.692. The van der Waals surface area contributed by atoms with E-state index in [-0.39, 0.29) is 11.8 Å². The Morgan fingerprint density at radius 1 is 1.33 bits per heavy atom. The fourth-order valence-corrected chi connectivity index (χ4v) is 2.81. The predicted molar refractivity (Wildman–Crippen MR) is 57.1 cm³/mol. The summed E-state index contributed by atoms with van der Waals surface area (Å²) in [5.74, 6) is 0.294. The molecule has 0 aromatic carbocycles. The summed E-state index contributed by atoms with van der Waals surface area (Å²) in [5, 5.41) is 4.95. The third kappa shape index (κ3) is 2.32. The highest BCUT2D eigenvalue weighted by molar-refractivity contribution is 5.77. The molecule has 1 amide bonds. The monoisotopic (exact) mass is 212 g/mol. The van der Waals surface area contributed by atoms with Crippen LogP contribution in [0.4, 0.5) is 0 Å². The first-order valence-electron chi connectivity index (χ1n) is 5.78. The summed E-state index contributed by atoms with van der Waals surface area (Å²) in [6.07, 6.45) is 5.70. The molecule has 86 valence electrons. The second-order valence-electron chi connectivity index (χ2n) is 4.68. The summed E-state index contributed by atoms with van der Waals surface area (Å²) < 4.78 is 0. The van der Waals surface area contributed by atoms with Crippen molar-refractivity contribution >= 4 is 5.91 Å². The molecular formula is C11H20N2O2. The largest absolute Gasteiger partial charge is 0.311 e. The molecule has 0 spiro atoms. The van der Waals surface area contributed by atoms with Crippen LogP contribution in [-0.4, -0.2) is 37.2 Å². The number of hydrogen-bond donors (Lipinski definition) is 1. The van der Waals surface area contributed by atoms with Crippen molar-refractivity contribution in [3.05, 3.63) is 0 Å². The minimum atomic E-state index is 0.135. The number of amides is 1. The third-order valence-electron chi connectivity index (χ3n) is 3.65. The van der Waals surface area contributed by atoms with Gasteiger partial charge in [0.2, 0.25) is 5.91 Å². The average Bonchev–Trinajstić information content (AvgIpc) is 2.26. The van der Waals surface area contributed by atoms with Gasteiger partial charge >= 0.3 is 0 Å². The molecule has 0 aliphatic carbocycles. The van der Waals surface area contributed by atoms with Crippen molar-refractivity contribution in [1.29, 1.82) is 0 Å². The number of hydroxylamine groups is 2. The molecule has 15 heavy (non-hydrogen) atoms. The first-order chi connectivity index (χ1) is 7.20. The highest BCUT2D eigenvalue weighted by Crippen LogP contribution is 2.30. The Kier molecular flexibility index (Phi) is 3.26. The van der Waals surface area contributed by atoms with E-state index in [0.29, 0.717) is 12.1 Å². The zero-order valence-electron chi connectivity index (χ0n) is 9.53. The zero-order chi connectivity index (χ0) is 10.8. The zero-order valence-corrected chi connectivity index (χ0v) is 9.53. The molecule has 2 rings (SSSR count). The molecular weight excluding hydrogens is 192 g/mol. The molecule has 2 heterocycles. The summed E-state index contributed by atoms with van der Waals surface area (Å²) in [5.41, 5.74) is 0. The second-order valence-corrected chi connectivity index (χ2v) is 4.68.